The summed E-state index contributed by atoms with van der Waals surface area (Å²) in [5.74, 6) is 0.588. The Kier molecular flexibility index (Phi) is 3.68. The van der Waals surface area contributed by atoms with E-state index in [1.807, 2.05) is 18.2 Å². The van der Waals surface area contributed by atoms with Crippen LogP contribution in [-0.2, 0) is 4.79 Å². The standard InChI is InChI=1S/C12H16N4O2S/c1-12(14,10(13)17)6-19-11-15-8-4-3-7(18-2)5-9(8)16-11/h3-5H,6,14H2,1-2H3,(H2,13,17)(H,15,16). The zero-order valence-electron chi connectivity index (χ0n) is 10.8. The summed E-state index contributed by atoms with van der Waals surface area (Å²) in [4.78, 5) is 18.7. The van der Waals surface area contributed by atoms with Gasteiger partial charge in [0.05, 0.1) is 18.1 Å². The molecule has 102 valence electrons. The highest BCUT2D eigenvalue weighted by atomic mass is 32.2. The minimum atomic E-state index is -1.05. The number of benzene rings is 1. The molecule has 2 rings (SSSR count). The lowest BCUT2D eigenvalue weighted by Gasteiger charge is -2.18. The lowest BCUT2D eigenvalue weighted by atomic mass is 10.1. The van der Waals surface area contributed by atoms with E-state index >= 15 is 0 Å². The Morgan fingerprint density at radius 3 is 2.95 bits per heavy atom. The van der Waals surface area contributed by atoms with Gasteiger partial charge in [0, 0.05) is 11.8 Å². The highest BCUT2D eigenvalue weighted by Gasteiger charge is 2.26. The van der Waals surface area contributed by atoms with Gasteiger partial charge in [-0.05, 0) is 19.1 Å². The van der Waals surface area contributed by atoms with Crippen LogP contribution in [0.1, 0.15) is 6.92 Å². The number of thioether (sulfide) groups is 1. The summed E-state index contributed by atoms with van der Waals surface area (Å²) in [6, 6.07) is 5.57. The first-order valence-electron chi connectivity index (χ1n) is 5.68. The normalized spacial score (nSPS) is 14.3. The van der Waals surface area contributed by atoms with Gasteiger partial charge in [0.25, 0.3) is 0 Å². The number of carbonyl (C=O) groups excluding carboxylic acids is 1. The number of aromatic amines is 1. The van der Waals surface area contributed by atoms with Crippen molar-refractivity contribution < 1.29 is 9.53 Å². The number of ether oxygens (including phenoxy) is 1. The van der Waals surface area contributed by atoms with Crippen molar-refractivity contribution in [3.05, 3.63) is 18.2 Å². The smallest absolute Gasteiger partial charge is 0.238 e. The molecule has 0 aliphatic heterocycles. The van der Waals surface area contributed by atoms with Gasteiger partial charge < -0.3 is 21.2 Å². The number of nitrogens with zero attached hydrogens (tertiary/aromatic N) is 1. The largest absolute Gasteiger partial charge is 0.497 e. The Morgan fingerprint density at radius 2 is 2.32 bits per heavy atom. The number of methoxy groups -OCH3 is 1. The quantitative estimate of drug-likeness (QED) is 0.704. The van der Waals surface area contributed by atoms with Gasteiger partial charge in [-0.25, -0.2) is 4.98 Å². The predicted octanol–water partition coefficient (Wildman–Crippen LogP) is 0.866. The van der Waals surface area contributed by atoms with E-state index in [9.17, 15) is 4.79 Å². The number of hydrogen-bond acceptors (Lipinski definition) is 5. The first-order valence-corrected chi connectivity index (χ1v) is 6.66. The summed E-state index contributed by atoms with van der Waals surface area (Å²) in [6.45, 7) is 1.61. The maximum absolute atomic E-state index is 11.1. The Hall–Kier alpha value is -1.73. The maximum Gasteiger partial charge on any atom is 0.238 e. The van der Waals surface area contributed by atoms with Crippen LogP contribution in [0.3, 0.4) is 0 Å². The molecule has 0 fully saturated rings. The topological polar surface area (TPSA) is 107 Å². The third-order valence-electron chi connectivity index (χ3n) is 2.74. The third kappa shape index (κ3) is 2.99. The molecular weight excluding hydrogens is 264 g/mol. The molecule has 19 heavy (non-hydrogen) atoms. The number of hydrogen-bond donors (Lipinski definition) is 3. The number of aromatic nitrogens is 2. The van der Waals surface area contributed by atoms with Gasteiger partial charge in [-0.15, -0.1) is 0 Å². The van der Waals surface area contributed by atoms with Gasteiger partial charge in [0.15, 0.2) is 5.16 Å². The van der Waals surface area contributed by atoms with Gasteiger partial charge in [0.1, 0.15) is 11.3 Å². The molecule has 1 amide bonds. The Labute approximate surface area is 114 Å². The fourth-order valence-corrected chi connectivity index (χ4v) is 2.37. The first kappa shape index (κ1) is 13.7. The van der Waals surface area contributed by atoms with Crippen molar-refractivity contribution in [1.29, 1.82) is 0 Å². The SMILES string of the molecule is COc1ccc2nc(SCC(C)(N)C(N)=O)[nH]c2c1. The molecule has 5 N–H and O–H groups in total. The molecule has 6 nitrogen and oxygen atoms in total. The third-order valence-corrected chi connectivity index (χ3v) is 3.95. The van der Waals surface area contributed by atoms with Crippen molar-refractivity contribution >= 4 is 28.7 Å². The number of amides is 1. The van der Waals surface area contributed by atoms with E-state index in [1.165, 1.54) is 11.8 Å². The molecular formula is C12H16N4O2S. The number of H-pyrrole nitrogens is 1. The second-order valence-electron chi connectivity index (χ2n) is 4.50. The molecule has 1 aromatic carbocycles. The van der Waals surface area contributed by atoms with Crippen LogP contribution in [-0.4, -0.2) is 34.3 Å². The van der Waals surface area contributed by atoms with Crippen LogP contribution in [0.2, 0.25) is 0 Å². The lowest BCUT2D eigenvalue weighted by Crippen LogP contribution is -2.51. The van der Waals surface area contributed by atoms with Crippen LogP contribution >= 0.6 is 11.8 Å². The molecule has 0 bridgehead atoms. The van der Waals surface area contributed by atoms with Crippen LogP contribution < -0.4 is 16.2 Å². The van der Waals surface area contributed by atoms with Gasteiger partial charge in [-0.3, -0.25) is 4.79 Å². The van der Waals surface area contributed by atoms with Crippen molar-refractivity contribution in [2.75, 3.05) is 12.9 Å². The van der Waals surface area contributed by atoms with Crippen molar-refractivity contribution in [2.24, 2.45) is 11.5 Å². The molecule has 1 aromatic heterocycles. The number of nitrogens with two attached hydrogens (primary N) is 2. The average molecular weight is 280 g/mol. The molecule has 0 saturated carbocycles. The Bertz CT molecular complexity index is 609. The molecule has 0 spiro atoms. The second-order valence-corrected chi connectivity index (χ2v) is 5.46. The van der Waals surface area contributed by atoms with Crippen LogP contribution in [0.25, 0.3) is 11.0 Å². The molecule has 1 atom stereocenters. The van der Waals surface area contributed by atoms with Gasteiger partial charge in [-0.1, -0.05) is 11.8 Å². The monoisotopic (exact) mass is 280 g/mol. The molecule has 1 heterocycles. The average Bonchev–Trinajstić information content (AvgIpc) is 2.77. The van der Waals surface area contributed by atoms with Crippen LogP contribution in [0.5, 0.6) is 5.75 Å². The number of carbonyl (C=O) groups is 1. The van der Waals surface area contributed by atoms with Gasteiger partial charge in [-0.2, -0.15) is 0 Å². The number of fused-ring (bicyclic) bond motifs is 1. The van der Waals surface area contributed by atoms with Crippen LogP contribution in [0.15, 0.2) is 23.4 Å². The molecule has 0 radical (unpaired) electrons. The molecule has 0 aliphatic carbocycles. The van der Waals surface area contributed by atoms with E-state index in [1.54, 1.807) is 14.0 Å². The van der Waals surface area contributed by atoms with Crippen molar-refractivity contribution in [3.63, 3.8) is 0 Å². The molecule has 2 aromatic rings. The summed E-state index contributed by atoms with van der Waals surface area (Å²) < 4.78 is 5.14. The van der Waals surface area contributed by atoms with E-state index in [2.05, 4.69) is 9.97 Å². The Balaban J connectivity index is 2.16. The lowest BCUT2D eigenvalue weighted by molar-refractivity contribution is -0.121. The second kappa shape index (κ2) is 5.10. The van der Waals surface area contributed by atoms with Crippen molar-refractivity contribution in [2.45, 2.75) is 17.6 Å². The summed E-state index contributed by atoms with van der Waals surface area (Å²) in [7, 11) is 1.61. The van der Waals surface area contributed by atoms with Gasteiger partial charge >= 0.3 is 0 Å². The molecule has 0 saturated heterocycles. The van der Waals surface area contributed by atoms with Crippen LogP contribution in [0, 0.1) is 0 Å². The molecule has 0 aliphatic rings. The maximum atomic E-state index is 11.1. The van der Waals surface area contributed by atoms with E-state index < -0.39 is 11.4 Å². The molecule has 1 unspecified atom stereocenters. The minimum absolute atomic E-state index is 0.360. The predicted molar refractivity (Wildman–Crippen MR) is 75.2 cm³/mol. The minimum Gasteiger partial charge on any atom is -0.497 e. The van der Waals surface area contributed by atoms with E-state index in [0.29, 0.717) is 10.9 Å². The van der Waals surface area contributed by atoms with Crippen molar-refractivity contribution in [3.8, 4) is 5.75 Å². The number of primary amides is 1. The highest BCUT2D eigenvalue weighted by molar-refractivity contribution is 7.99. The number of imidazole rings is 1. The molecule has 7 heteroatoms. The summed E-state index contributed by atoms with van der Waals surface area (Å²) in [5, 5.41) is 0.696. The first-order chi connectivity index (χ1) is 8.92. The van der Waals surface area contributed by atoms with E-state index in [0.717, 1.165) is 16.8 Å². The summed E-state index contributed by atoms with van der Waals surface area (Å²) in [6.07, 6.45) is 0. The fourth-order valence-electron chi connectivity index (χ4n) is 1.45. The highest BCUT2D eigenvalue weighted by Crippen LogP contribution is 2.24. The Morgan fingerprint density at radius 1 is 1.58 bits per heavy atom. The zero-order chi connectivity index (χ0) is 14.0. The van der Waals surface area contributed by atoms with Gasteiger partial charge in [0.2, 0.25) is 5.91 Å². The fraction of sp³-hybridized carbons (Fsp3) is 0.333. The summed E-state index contributed by atoms with van der Waals surface area (Å²) in [5.41, 5.74) is 11.7. The van der Waals surface area contributed by atoms with Crippen molar-refractivity contribution in [1.82, 2.24) is 9.97 Å². The number of nitrogens with one attached hydrogen (secondary N) is 1. The van der Waals surface area contributed by atoms with E-state index in [-0.39, 0.29) is 0 Å². The summed E-state index contributed by atoms with van der Waals surface area (Å²) >= 11 is 1.36. The number of rotatable bonds is 5. The van der Waals surface area contributed by atoms with Crippen LogP contribution in [0.4, 0.5) is 0 Å². The van der Waals surface area contributed by atoms with E-state index in [4.69, 9.17) is 16.2 Å². The zero-order valence-corrected chi connectivity index (χ0v) is 11.6.